The van der Waals surface area contributed by atoms with E-state index in [1.54, 1.807) is 24.3 Å². The van der Waals surface area contributed by atoms with Crippen molar-refractivity contribution in [1.82, 2.24) is 10.2 Å². The average molecular weight is 235 g/mol. The minimum absolute atomic E-state index is 0.117. The Hall–Kier alpha value is -1.95. The Bertz CT molecular complexity index is 485. The zero-order valence-corrected chi connectivity index (χ0v) is 9.07. The molecule has 0 bridgehead atoms. The monoisotopic (exact) mass is 235 g/mol. The van der Waals surface area contributed by atoms with Crippen molar-refractivity contribution in [3.8, 4) is 5.75 Å². The molecule has 0 radical (unpaired) electrons. The summed E-state index contributed by atoms with van der Waals surface area (Å²) in [6.45, 7) is 0. The highest BCUT2D eigenvalue weighted by molar-refractivity contribution is 7.13. The van der Waals surface area contributed by atoms with Crippen molar-refractivity contribution in [3.63, 3.8) is 0 Å². The molecule has 0 fully saturated rings. The Kier molecular flexibility index (Phi) is 3.11. The molecule has 0 saturated heterocycles. The summed E-state index contributed by atoms with van der Waals surface area (Å²) in [4.78, 5) is 11.5. The van der Waals surface area contributed by atoms with Crippen LogP contribution in [0.2, 0.25) is 0 Å². The molecule has 0 aliphatic carbocycles. The van der Waals surface area contributed by atoms with Gasteiger partial charge < -0.3 is 10.4 Å². The second-order valence-electron chi connectivity index (χ2n) is 3.10. The van der Waals surface area contributed by atoms with Crippen molar-refractivity contribution in [2.24, 2.45) is 0 Å². The van der Waals surface area contributed by atoms with Gasteiger partial charge in [0, 0.05) is 5.56 Å². The predicted octanol–water partition coefficient (Wildman–Crippen LogP) is 1.42. The smallest absolute Gasteiger partial charge is 0.230 e. The molecule has 5 nitrogen and oxygen atoms in total. The lowest BCUT2D eigenvalue weighted by Crippen LogP contribution is -2.14. The van der Waals surface area contributed by atoms with Crippen LogP contribution in [0.25, 0.3) is 0 Å². The topological polar surface area (TPSA) is 75.1 Å². The molecule has 0 unspecified atom stereocenters. The quantitative estimate of drug-likeness (QED) is 0.843. The van der Waals surface area contributed by atoms with E-state index in [0.717, 1.165) is 0 Å². The van der Waals surface area contributed by atoms with Crippen molar-refractivity contribution >= 4 is 22.4 Å². The van der Waals surface area contributed by atoms with Gasteiger partial charge in [-0.15, -0.1) is 10.2 Å². The lowest BCUT2D eigenvalue weighted by Gasteiger charge is -2.03. The van der Waals surface area contributed by atoms with E-state index in [2.05, 4.69) is 15.5 Å². The van der Waals surface area contributed by atoms with Crippen LogP contribution in [-0.4, -0.2) is 21.2 Å². The van der Waals surface area contributed by atoms with Gasteiger partial charge in [-0.2, -0.15) is 0 Å². The molecule has 1 aromatic heterocycles. The molecule has 1 aromatic carbocycles. The molecular formula is C10H9N3O2S. The number of nitrogens with one attached hydrogen (secondary N) is 1. The Balaban J connectivity index is 2.00. The van der Waals surface area contributed by atoms with E-state index in [9.17, 15) is 9.90 Å². The normalized spacial score (nSPS) is 10.0. The molecule has 1 amide bonds. The standard InChI is InChI=1S/C10H9N3O2S/c14-8-4-2-1-3-7(8)5-9(15)12-10-13-11-6-16-10/h1-4,6,14H,5H2,(H,12,13,15). The third-order valence-corrected chi connectivity index (χ3v) is 2.56. The number of hydrogen-bond donors (Lipinski definition) is 2. The highest BCUT2D eigenvalue weighted by Crippen LogP contribution is 2.17. The molecule has 0 saturated carbocycles. The van der Waals surface area contributed by atoms with Crippen LogP contribution in [0.3, 0.4) is 0 Å². The van der Waals surface area contributed by atoms with Crippen LogP contribution in [0, 0.1) is 0 Å². The summed E-state index contributed by atoms with van der Waals surface area (Å²) in [5.74, 6) is -0.104. The highest BCUT2D eigenvalue weighted by atomic mass is 32.1. The van der Waals surface area contributed by atoms with E-state index in [1.807, 2.05) is 0 Å². The van der Waals surface area contributed by atoms with E-state index in [0.29, 0.717) is 10.7 Å². The predicted molar refractivity (Wildman–Crippen MR) is 60.3 cm³/mol. The first kappa shape index (κ1) is 10.6. The van der Waals surface area contributed by atoms with Gasteiger partial charge >= 0.3 is 0 Å². The molecule has 2 rings (SSSR count). The third-order valence-electron chi connectivity index (χ3n) is 1.95. The molecule has 2 N–H and O–H groups in total. The minimum Gasteiger partial charge on any atom is -0.508 e. The molecule has 0 atom stereocenters. The molecular weight excluding hydrogens is 226 g/mol. The first-order chi connectivity index (χ1) is 7.75. The van der Waals surface area contributed by atoms with Gasteiger partial charge in [0.2, 0.25) is 11.0 Å². The van der Waals surface area contributed by atoms with E-state index in [-0.39, 0.29) is 18.1 Å². The zero-order valence-electron chi connectivity index (χ0n) is 8.25. The second-order valence-corrected chi connectivity index (χ2v) is 3.93. The van der Waals surface area contributed by atoms with Gasteiger partial charge in [-0.25, -0.2) is 0 Å². The number of anilines is 1. The fraction of sp³-hybridized carbons (Fsp3) is 0.100. The van der Waals surface area contributed by atoms with Crippen molar-refractivity contribution in [3.05, 3.63) is 35.3 Å². The molecule has 1 heterocycles. The first-order valence-corrected chi connectivity index (χ1v) is 5.46. The Morgan fingerprint density at radius 2 is 2.25 bits per heavy atom. The maximum absolute atomic E-state index is 11.5. The van der Waals surface area contributed by atoms with Crippen molar-refractivity contribution in [2.75, 3.05) is 5.32 Å². The summed E-state index contributed by atoms with van der Waals surface area (Å²) in [6, 6.07) is 6.73. The van der Waals surface area contributed by atoms with Crippen LogP contribution in [0.1, 0.15) is 5.56 Å². The summed E-state index contributed by atoms with van der Waals surface area (Å²) in [5, 5.41) is 19.8. The maximum Gasteiger partial charge on any atom is 0.230 e. The number of benzene rings is 1. The largest absolute Gasteiger partial charge is 0.508 e. The average Bonchev–Trinajstić information content (AvgIpc) is 2.74. The summed E-state index contributed by atoms with van der Waals surface area (Å²) < 4.78 is 0. The first-order valence-electron chi connectivity index (χ1n) is 4.58. The van der Waals surface area contributed by atoms with Crippen LogP contribution in [0.15, 0.2) is 29.8 Å². The molecule has 2 aromatic rings. The minimum atomic E-state index is -0.224. The number of hydrogen-bond acceptors (Lipinski definition) is 5. The second kappa shape index (κ2) is 4.71. The fourth-order valence-corrected chi connectivity index (χ4v) is 1.69. The van der Waals surface area contributed by atoms with Crippen LogP contribution in [0.4, 0.5) is 5.13 Å². The van der Waals surface area contributed by atoms with Gasteiger partial charge in [-0.05, 0) is 6.07 Å². The lowest BCUT2D eigenvalue weighted by molar-refractivity contribution is -0.115. The number of aromatic hydroxyl groups is 1. The number of aromatic nitrogens is 2. The fourth-order valence-electron chi connectivity index (χ4n) is 1.22. The molecule has 0 aliphatic heterocycles. The van der Waals surface area contributed by atoms with Crippen LogP contribution >= 0.6 is 11.3 Å². The summed E-state index contributed by atoms with van der Waals surface area (Å²) in [6.07, 6.45) is 0.117. The number of para-hydroxylation sites is 1. The van der Waals surface area contributed by atoms with E-state index < -0.39 is 0 Å². The van der Waals surface area contributed by atoms with Gasteiger partial charge in [0.1, 0.15) is 11.3 Å². The zero-order chi connectivity index (χ0) is 11.4. The molecule has 82 valence electrons. The lowest BCUT2D eigenvalue weighted by atomic mass is 10.1. The molecule has 16 heavy (non-hydrogen) atoms. The Morgan fingerprint density at radius 1 is 1.44 bits per heavy atom. The van der Waals surface area contributed by atoms with Crippen LogP contribution in [-0.2, 0) is 11.2 Å². The van der Waals surface area contributed by atoms with Gasteiger partial charge in [0.15, 0.2) is 0 Å². The Morgan fingerprint density at radius 3 is 2.94 bits per heavy atom. The van der Waals surface area contributed by atoms with E-state index in [4.69, 9.17) is 0 Å². The summed E-state index contributed by atoms with van der Waals surface area (Å²) in [7, 11) is 0. The SMILES string of the molecule is O=C(Cc1ccccc1O)Nc1nncs1. The molecule has 0 spiro atoms. The van der Waals surface area contributed by atoms with Crippen molar-refractivity contribution in [1.29, 1.82) is 0 Å². The highest BCUT2D eigenvalue weighted by Gasteiger charge is 2.08. The van der Waals surface area contributed by atoms with Crippen LogP contribution in [0.5, 0.6) is 5.75 Å². The number of amides is 1. The third kappa shape index (κ3) is 2.54. The van der Waals surface area contributed by atoms with Gasteiger partial charge in [0.05, 0.1) is 6.42 Å². The van der Waals surface area contributed by atoms with Gasteiger partial charge in [-0.3, -0.25) is 4.79 Å². The van der Waals surface area contributed by atoms with Crippen LogP contribution < -0.4 is 5.32 Å². The molecule has 0 aliphatic rings. The number of carbonyl (C=O) groups excluding carboxylic acids is 1. The maximum atomic E-state index is 11.5. The van der Waals surface area contributed by atoms with Gasteiger partial charge in [-0.1, -0.05) is 29.5 Å². The van der Waals surface area contributed by atoms with Crippen molar-refractivity contribution < 1.29 is 9.90 Å². The number of rotatable bonds is 3. The molecule has 6 heteroatoms. The van der Waals surface area contributed by atoms with Crippen molar-refractivity contribution in [2.45, 2.75) is 6.42 Å². The van der Waals surface area contributed by atoms with Gasteiger partial charge in [0.25, 0.3) is 0 Å². The Labute approximate surface area is 95.8 Å². The number of phenols is 1. The summed E-state index contributed by atoms with van der Waals surface area (Å²) in [5.41, 5.74) is 2.12. The van der Waals surface area contributed by atoms with E-state index >= 15 is 0 Å². The summed E-state index contributed by atoms with van der Waals surface area (Å²) >= 11 is 1.25. The number of nitrogens with zero attached hydrogens (tertiary/aromatic N) is 2. The number of phenolic OH excluding ortho intramolecular Hbond substituents is 1. The number of carbonyl (C=O) groups is 1. The van der Waals surface area contributed by atoms with E-state index in [1.165, 1.54) is 16.8 Å².